The zero-order valence-corrected chi connectivity index (χ0v) is 24.2. The van der Waals surface area contributed by atoms with Gasteiger partial charge < -0.3 is 10.0 Å². The molecule has 2 saturated heterocycles. The summed E-state index contributed by atoms with van der Waals surface area (Å²) in [6.45, 7) is 4.08. The second-order valence-corrected chi connectivity index (χ2v) is 12.6. The van der Waals surface area contributed by atoms with Crippen molar-refractivity contribution in [3.05, 3.63) is 89.2 Å². The summed E-state index contributed by atoms with van der Waals surface area (Å²) in [6.07, 6.45) is 8.31. The Morgan fingerprint density at radius 1 is 0.952 bits per heavy atom. The first-order chi connectivity index (χ1) is 20.4. The Bertz CT molecular complexity index is 1300. The maximum absolute atomic E-state index is 15.5. The highest BCUT2D eigenvalue weighted by molar-refractivity contribution is 5.74. The Hall–Kier alpha value is -3.10. The molecule has 8 heteroatoms. The second-order valence-electron chi connectivity index (χ2n) is 12.6. The average Bonchev–Trinajstić information content (AvgIpc) is 3.68. The normalized spacial score (nSPS) is 24.1. The van der Waals surface area contributed by atoms with E-state index in [4.69, 9.17) is 0 Å². The smallest absolute Gasteiger partial charge is 0.321 e. The Morgan fingerprint density at radius 2 is 1.62 bits per heavy atom. The van der Waals surface area contributed by atoms with E-state index in [0.29, 0.717) is 11.6 Å². The molecule has 224 valence electrons. The summed E-state index contributed by atoms with van der Waals surface area (Å²) in [5.74, 6) is -2.97. The lowest BCUT2D eigenvalue weighted by Gasteiger charge is -2.35. The Kier molecular flexibility index (Phi) is 8.72. The largest absolute Gasteiger partial charge is 0.480 e. The van der Waals surface area contributed by atoms with Crippen LogP contribution in [-0.4, -0.2) is 69.8 Å². The number of halogens is 2. The third-order valence-electron chi connectivity index (χ3n) is 10.1. The number of likely N-dealkylation sites (tertiary alicyclic amines) is 2. The van der Waals surface area contributed by atoms with Gasteiger partial charge in [-0.1, -0.05) is 79.9 Å². The predicted octanol–water partition coefficient (Wildman–Crippen LogP) is 6.48. The van der Waals surface area contributed by atoms with Crippen LogP contribution in [0.4, 0.5) is 8.78 Å². The fraction of sp³-hybridized carbons (Fsp3) is 0.529. The number of benzene rings is 2. The molecule has 0 bridgehead atoms. The number of carboxylic acids is 1. The number of hydrogen-bond acceptors (Lipinski definition) is 4. The molecule has 0 amide bonds. The highest BCUT2D eigenvalue weighted by atomic mass is 19.3. The maximum atomic E-state index is 15.5. The molecular formula is C34H42F2N4O2. The molecule has 2 aromatic carbocycles. The minimum Gasteiger partial charge on any atom is -0.480 e. The van der Waals surface area contributed by atoms with E-state index in [1.54, 1.807) is 18.2 Å². The number of nitrogens with zero attached hydrogens (tertiary/aromatic N) is 3. The Balaban J connectivity index is 1.14. The van der Waals surface area contributed by atoms with Gasteiger partial charge in [-0.25, -0.2) is 0 Å². The van der Waals surface area contributed by atoms with Crippen LogP contribution in [0.1, 0.15) is 79.2 Å². The van der Waals surface area contributed by atoms with Gasteiger partial charge >= 0.3 is 11.9 Å². The van der Waals surface area contributed by atoms with E-state index in [1.807, 2.05) is 6.07 Å². The second kappa shape index (κ2) is 12.6. The molecule has 3 aliphatic rings. The molecule has 0 radical (unpaired) electrons. The van der Waals surface area contributed by atoms with Crippen molar-refractivity contribution >= 4 is 5.97 Å². The van der Waals surface area contributed by atoms with Gasteiger partial charge in [0.2, 0.25) is 0 Å². The topological polar surface area (TPSA) is 72.5 Å². The number of nitrogens with one attached hydrogen (secondary N) is 1. The van der Waals surface area contributed by atoms with Gasteiger partial charge in [-0.3, -0.25) is 14.8 Å². The van der Waals surface area contributed by atoms with E-state index in [1.165, 1.54) is 30.3 Å². The molecule has 3 atom stereocenters. The van der Waals surface area contributed by atoms with Crippen molar-refractivity contribution in [1.82, 2.24) is 20.0 Å². The molecule has 2 N–H and O–H groups in total. The Labute approximate surface area is 247 Å². The lowest BCUT2D eigenvalue weighted by Crippen LogP contribution is -2.46. The first-order valence-electron chi connectivity index (χ1n) is 15.6. The first kappa shape index (κ1) is 29.0. The number of H-pyrrole nitrogens is 1. The molecule has 6 nitrogen and oxygen atoms in total. The van der Waals surface area contributed by atoms with Crippen molar-refractivity contribution < 1.29 is 18.7 Å². The Morgan fingerprint density at radius 3 is 2.29 bits per heavy atom. The molecule has 0 unspecified atom stereocenters. The van der Waals surface area contributed by atoms with E-state index in [2.05, 4.69) is 44.3 Å². The van der Waals surface area contributed by atoms with Crippen LogP contribution in [0.3, 0.4) is 0 Å². The van der Waals surface area contributed by atoms with Gasteiger partial charge in [0.25, 0.3) is 0 Å². The van der Waals surface area contributed by atoms with Crippen LogP contribution in [0.25, 0.3) is 0 Å². The van der Waals surface area contributed by atoms with Gasteiger partial charge in [0.1, 0.15) is 6.04 Å². The van der Waals surface area contributed by atoms with Gasteiger partial charge in [0.05, 0.1) is 11.8 Å². The van der Waals surface area contributed by atoms with Crippen molar-refractivity contribution in [2.45, 2.75) is 68.7 Å². The van der Waals surface area contributed by atoms with Crippen molar-refractivity contribution in [3.63, 3.8) is 0 Å². The zero-order valence-electron chi connectivity index (χ0n) is 24.2. The zero-order chi connectivity index (χ0) is 29.1. The standard InChI is InChI=1S/C34H42F2N4O2/c35-34(36,28-14-8-3-9-15-28)30-20-37-38-31(30)25-16-18-39(19-17-25)21-27-22-40(23-29(27)24-10-4-1-5-11-24)32(33(41)42)26-12-6-2-7-13-26/h1,3-5,8-11,14-15,20,25-27,29,32H,2,6-7,12-13,16-19,21-23H2,(H,37,38)(H,41,42)/t27-,29+,32+/m0/s1. The van der Waals surface area contributed by atoms with E-state index in [-0.39, 0.29) is 28.9 Å². The first-order valence-corrected chi connectivity index (χ1v) is 15.6. The number of rotatable bonds is 9. The average molecular weight is 577 g/mol. The maximum Gasteiger partial charge on any atom is 0.321 e. The van der Waals surface area contributed by atoms with Gasteiger partial charge in [0, 0.05) is 42.7 Å². The highest BCUT2D eigenvalue weighted by Gasteiger charge is 2.44. The number of aromatic amines is 1. The van der Waals surface area contributed by atoms with E-state index in [0.717, 1.165) is 71.2 Å². The molecule has 0 spiro atoms. The highest BCUT2D eigenvalue weighted by Crippen LogP contribution is 2.42. The third kappa shape index (κ3) is 6.02. The quantitative estimate of drug-likeness (QED) is 0.305. The molecule has 1 saturated carbocycles. The SMILES string of the molecule is O=C(O)[C@@H](C1CCCCC1)N1C[C@H](CN2CCC(c3[nH]ncc3C(F)(F)c3ccccc3)CC2)[C@@H](c2ccccc2)C1. The summed E-state index contributed by atoms with van der Waals surface area (Å²) in [4.78, 5) is 17.3. The number of aliphatic carboxylic acids is 1. The summed E-state index contributed by atoms with van der Waals surface area (Å²) in [5.41, 5.74) is 1.79. The molecule has 3 aromatic rings. The lowest BCUT2D eigenvalue weighted by atomic mass is 9.83. The lowest BCUT2D eigenvalue weighted by molar-refractivity contribution is -0.145. The molecule has 2 aliphatic heterocycles. The third-order valence-corrected chi connectivity index (χ3v) is 10.1. The summed E-state index contributed by atoms with van der Waals surface area (Å²) in [7, 11) is 0. The van der Waals surface area contributed by atoms with Crippen LogP contribution in [-0.2, 0) is 10.7 Å². The molecule has 1 aliphatic carbocycles. The van der Waals surface area contributed by atoms with Crippen LogP contribution >= 0.6 is 0 Å². The molecule has 3 fully saturated rings. The predicted molar refractivity (Wildman–Crippen MR) is 159 cm³/mol. The fourth-order valence-corrected chi connectivity index (χ4v) is 7.90. The molecule has 3 heterocycles. The van der Waals surface area contributed by atoms with Crippen LogP contribution < -0.4 is 0 Å². The number of aromatic nitrogens is 2. The molecule has 6 rings (SSSR count). The number of alkyl halides is 2. The van der Waals surface area contributed by atoms with Crippen LogP contribution in [0, 0.1) is 11.8 Å². The molecule has 1 aromatic heterocycles. The van der Waals surface area contributed by atoms with E-state index < -0.39 is 17.9 Å². The summed E-state index contributed by atoms with van der Waals surface area (Å²) in [5, 5.41) is 17.3. The molecular weight excluding hydrogens is 534 g/mol. The van der Waals surface area contributed by atoms with E-state index >= 15 is 8.78 Å². The van der Waals surface area contributed by atoms with Crippen LogP contribution in [0.2, 0.25) is 0 Å². The number of carboxylic acid groups (broad SMARTS) is 1. The minimum atomic E-state index is -3.10. The number of hydrogen-bond donors (Lipinski definition) is 2. The fourth-order valence-electron chi connectivity index (χ4n) is 7.90. The molecule has 42 heavy (non-hydrogen) atoms. The van der Waals surface area contributed by atoms with Crippen molar-refractivity contribution in [1.29, 1.82) is 0 Å². The van der Waals surface area contributed by atoms with Gasteiger partial charge in [0.15, 0.2) is 0 Å². The monoisotopic (exact) mass is 576 g/mol. The van der Waals surface area contributed by atoms with Gasteiger partial charge in [-0.2, -0.15) is 13.9 Å². The summed E-state index contributed by atoms with van der Waals surface area (Å²) in [6, 6.07) is 18.1. The minimum absolute atomic E-state index is 0.000950. The summed E-state index contributed by atoms with van der Waals surface area (Å²) < 4.78 is 30.9. The van der Waals surface area contributed by atoms with Crippen molar-refractivity contribution in [2.75, 3.05) is 32.7 Å². The number of piperidine rings is 1. The van der Waals surface area contributed by atoms with Crippen molar-refractivity contribution in [3.8, 4) is 0 Å². The van der Waals surface area contributed by atoms with Crippen LogP contribution in [0.5, 0.6) is 0 Å². The number of carbonyl (C=O) groups is 1. The van der Waals surface area contributed by atoms with Crippen LogP contribution in [0.15, 0.2) is 66.9 Å². The van der Waals surface area contributed by atoms with E-state index in [9.17, 15) is 9.90 Å². The van der Waals surface area contributed by atoms with Gasteiger partial charge in [-0.05, 0) is 56.2 Å². The summed E-state index contributed by atoms with van der Waals surface area (Å²) >= 11 is 0. The van der Waals surface area contributed by atoms with Crippen molar-refractivity contribution in [2.24, 2.45) is 11.8 Å². The van der Waals surface area contributed by atoms with Gasteiger partial charge in [-0.15, -0.1) is 0 Å².